The summed E-state index contributed by atoms with van der Waals surface area (Å²) in [7, 11) is 0. The van der Waals surface area contributed by atoms with Gasteiger partial charge in [-0.25, -0.2) is 0 Å². The van der Waals surface area contributed by atoms with Crippen LogP contribution in [0.3, 0.4) is 0 Å². The number of nitrogens with one attached hydrogen (secondary N) is 2. The largest absolute Gasteiger partial charge is 0.368 e. The van der Waals surface area contributed by atoms with Crippen molar-refractivity contribution < 1.29 is 4.90 Å². The minimum Gasteiger partial charge on any atom is -0.368 e. The van der Waals surface area contributed by atoms with Crippen LogP contribution < -0.4 is 16.0 Å². The van der Waals surface area contributed by atoms with Gasteiger partial charge in [0.2, 0.25) is 11.9 Å². The van der Waals surface area contributed by atoms with E-state index < -0.39 is 0 Å². The van der Waals surface area contributed by atoms with Crippen molar-refractivity contribution in [2.45, 2.75) is 32.2 Å². The second-order valence-corrected chi connectivity index (χ2v) is 6.34. The lowest BCUT2D eigenvalue weighted by atomic mass is 10.2. The number of benzene rings is 1. The highest BCUT2D eigenvalue weighted by Crippen LogP contribution is 2.16. The van der Waals surface area contributed by atoms with E-state index in [-0.39, 0.29) is 5.95 Å². The minimum atomic E-state index is 0.251. The van der Waals surface area contributed by atoms with Crippen molar-refractivity contribution in [1.29, 1.82) is 0 Å². The average Bonchev–Trinajstić information content (AvgIpc) is 2.78. The Hall–Kier alpha value is -1.92. The Balaban J connectivity index is 1.71. The lowest BCUT2D eigenvalue weighted by Crippen LogP contribution is -3.10. The van der Waals surface area contributed by atoms with Crippen LogP contribution in [-0.2, 0) is 6.54 Å². The van der Waals surface area contributed by atoms with E-state index in [4.69, 9.17) is 17.3 Å². The van der Waals surface area contributed by atoms with Crippen LogP contribution in [0, 0.1) is 0 Å². The number of nitrogen functional groups attached to an aromatic ring is 1. The lowest BCUT2D eigenvalue weighted by molar-refractivity contribution is -0.913. The van der Waals surface area contributed by atoms with Crippen LogP contribution in [0.15, 0.2) is 24.3 Å². The van der Waals surface area contributed by atoms with Gasteiger partial charge in [0.1, 0.15) is 6.54 Å². The van der Waals surface area contributed by atoms with Crippen molar-refractivity contribution in [1.82, 2.24) is 15.0 Å². The van der Waals surface area contributed by atoms with Gasteiger partial charge >= 0.3 is 0 Å². The molecule has 0 aliphatic carbocycles. The van der Waals surface area contributed by atoms with Crippen molar-refractivity contribution in [2.75, 3.05) is 24.1 Å². The predicted octanol–water partition coefficient (Wildman–Crippen LogP) is 1.81. The van der Waals surface area contributed by atoms with Gasteiger partial charge in [0.25, 0.3) is 0 Å². The summed E-state index contributed by atoms with van der Waals surface area (Å²) in [6.07, 6.45) is 5.19. The van der Waals surface area contributed by atoms with Crippen LogP contribution in [0.1, 0.15) is 31.5 Å². The Kier molecular flexibility index (Phi) is 5.25. The number of aromatic nitrogens is 3. The van der Waals surface area contributed by atoms with E-state index in [2.05, 4.69) is 20.3 Å². The van der Waals surface area contributed by atoms with E-state index in [0.29, 0.717) is 11.0 Å². The number of anilines is 3. The number of nitrogens with two attached hydrogens (primary N) is 1. The highest BCUT2D eigenvalue weighted by atomic mass is 35.5. The SMILES string of the molecule is Nc1nc(C[NH+]2CCCCCC2)nc(Nc2ccc(Cl)cc2)n1. The molecule has 1 aliphatic heterocycles. The molecule has 2 heterocycles. The zero-order valence-electron chi connectivity index (χ0n) is 13.1. The maximum absolute atomic E-state index is 5.90. The van der Waals surface area contributed by atoms with Gasteiger partial charge < -0.3 is 16.0 Å². The van der Waals surface area contributed by atoms with Gasteiger partial charge in [0.15, 0.2) is 5.82 Å². The van der Waals surface area contributed by atoms with Crippen LogP contribution >= 0.6 is 11.6 Å². The highest BCUT2D eigenvalue weighted by molar-refractivity contribution is 6.30. The monoisotopic (exact) mass is 333 g/mol. The van der Waals surface area contributed by atoms with E-state index in [1.165, 1.54) is 43.7 Å². The summed E-state index contributed by atoms with van der Waals surface area (Å²) in [5, 5.41) is 3.84. The molecule has 1 saturated heterocycles. The third-order valence-electron chi connectivity index (χ3n) is 4.02. The van der Waals surface area contributed by atoms with Gasteiger partial charge in [0.05, 0.1) is 13.1 Å². The Morgan fingerprint density at radius 2 is 1.70 bits per heavy atom. The summed E-state index contributed by atoms with van der Waals surface area (Å²) < 4.78 is 0. The Bertz CT molecular complexity index is 638. The summed E-state index contributed by atoms with van der Waals surface area (Å²) >= 11 is 5.90. The van der Waals surface area contributed by atoms with E-state index in [0.717, 1.165) is 18.1 Å². The normalized spacial score (nSPS) is 16.0. The molecule has 1 aromatic carbocycles. The maximum atomic E-state index is 5.90. The Morgan fingerprint density at radius 1 is 1.00 bits per heavy atom. The molecule has 0 bridgehead atoms. The first-order valence-electron chi connectivity index (χ1n) is 8.05. The number of quaternary nitrogens is 1. The molecule has 0 unspecified atom stereocenters. The minimum absolute atomic E-state index is 0.251. The van der Waals surface area contributed by atoms with Gasteiger partial charge in [-0.15, -0.1) is 0 Å². The molecule has 0 saturated carbocycles. The molecular weight excluding hydrogens is 312 g/mol. The van der Waals surface area contributed by atoms with E-state index in [9.17, 15) is 0 Å². The Labute approximate surface area is 141 Å². The van der Waals surface area contributed by atoms with Crippen molar-refractivity contribution in [3.05, 3.63) is 35.1 Å². The van der Waals surface area contributed by atoms with Crippen molar-refractivity contribution in [2.24, 2.45) is 0 Å². The number of hydrogen-bond acceptors (Lipinski definition) is 5. The molecule has 6 nitrogen and oxygen atoms in total. The molecule has 1 aliphatic rings. The summed E-state index contributed by atoms with van der Waals surface area (Å²) in [6.45, 7) is 3.14. The van der Waals surface area contributed by atoms with Crippen molar-refractivity contribution in [3.8, 4) is 0 Å². The fourth-order valence-electron chi connectivity index (χ4n) is 2.86. The lowest BCUT2D eigenvalue weighted by Gasteiger charge is -2.16. The summed E-state index contributed by atoms with van der Waals surface area (Å²) in [6, 6.07) is 7.39. The molecular formula is C16H22ClN6+. The van der Waals surface area contributed by atoms with Crippen LogP contribution in [0.5, 0.6) is 0 Å². The molecule has 0 spiro atoms. The molecule has 23 heavy (non-hydrogen) atoms. The second-order valence-electron chi connectivity index (χ2n) is 5.91. The van der Waals surface area contributed by atoms with Crippen molar-refractivity contribution >= 4 is 29.2 Å². The third-order valence-corrected chi connectivity index (χ3v) is 4.27. The first kappa shape index (κ1) is 16.0. The smallest absolute Gasteiger partial charge is 0.232 e. The van der Waals surface area contributed by atoms with Crippen LogP contribution in [0.25, 0.3) is 0 Å². The molecule has 7 heteroatoms. The van der Waals surface area contributed by atoms with Crippen molar-refractivity contribution in [3.63, 3.8) is 0 Å². The van der Waals surface area contributed by atoms with Gasteiger partial charge in [0, 0.05) is 10.7 Å². The van der Waals surface area contributed by atoms with Gasteiger partial charge in [-0.2, -0.15) is 15.0 Å². The quantitative estimate of drug-likeness (QED) is 0.795. The fraction of sp³-hybridized carbons (Fsp3) is 0.438. The standard InChI is InChI=1S/C16H21ClN6/c17-12-5-7-13(8-6-12)19-16-21-14(20-15(18)22-16)11-23-9-3-1-2-4-10-23/h5-8H,1-4,9-11H2,(H3,18,19,20,21,22)/p+1. The van der Waals surface area contributed by atoms with Crippen LogP contribution in [0.2, 0.25) is 5.02 Å². The molecule has 122 valence electrons. The number of hydrogen-bond donors (Lipinski definition) is 3. The molecule has 0 radical (unpaired) electrons. The number of halogens is 1. The predicted molar refractivity (Wildman–Crippen MR) is 91.8 cm³/mol. The summed E-state index contributed by atoms with van der Waals surface area (Å²) in [4.78, 5) is 14.5. The third kappa shape index (κ3) is 4.77. The molecule has 3 rings (SSSR count). The molecule has 0 atom stereocenters. The number of likely N-dealkylation sites (tertiary alicyclic amines) is 1. The second kappa shape index (κ2) is 7.57. The molecule has 1 aromatic heterocycles. The highest BCUT2D eigenvalue weighted by Gasteiger charge is 2.15. The average molecular weight is 334 g/mol. The maximum Gasteiger partial charge on any atom is 0.232 e. The first-order valence-corrected chi connectivity index (χ1v) is 8.43. The van der Waals surface area contributed by atoms with Crippen LogP contribution in [0.4, 0.5) is 17.6 Å². The van der Waals surface area contributed by atoms with E-state index in [1.807, 2.05) is 24.3 Å². The molecule has 2 aromatic rings. The summed E-state index contributed by atoms with van der Waals surface area (Å²) in [5.74, 6) is 1.47. The Morgan fingerprint density at radius 3 is 2.39 bits per heavy atom. The zero-order chi connectivity index (χ0) is 16.1. The van der Waals surface area contributed by atoms with E-state index in [1.54, 1.807) is 0 Å². The zero-order valence-corrected chi connectivity index (χ0v) is 13.8. The van der Waals surface area contributed by atoms with E-state index >= 15 is 0 Å². The van der Waals surface area contributed by atoms with Gasteiger partial charge in [-0.05, 0) is 49.9 Å². The fourth-order valence-corrected chi connectivity index (χ4v) is 2.99. The van der Waals surface area contributed by atoms with Crippen LogP contribution in [-0.4, -0.2) is 28.0 Å². The van der Waals surface area contributed by atoms with Gasteiger partial charge in [-0.3, -0.25) is 0 Å². The number of rotatable bonds is 4. The number of nitrogens with zero attached hydrogens (tertiary/aromatic N) is 3. The topological polar surface area (TPSA) is 81.2 Å². The molecule has 4 N–H and O–H groups in total. The first-order chi connectivity index (χ1) is 11.2. The van der Waals surface area contributed by atoms with Gasteiger partial charge in [-0.1, -0.05) is 11.6 Å². The molecule has 0 amide bonds. The summed E-state index contributed by atoms with van der Waals surface area (Å²) in [5.41, 5.74) is 6.71. The molecule has 1 fully saturated rings.